The zero-order valence-electron chi connectivity index (χ0n) is 11.8. The highest BCUT2D eigenvalue weighted by atomic mass is 16.5. The van der Waals surface area contributed by atoms with E-state index in [1.807, 2.05) is 11.0 Å². The number of nitrogens with one attached hydrogen (secondary N) is 1. The topological polar surface area (TPSA) is 41.6 Å². The number of morpholine rings is 1. The van der Waals surface area contributed by atoms with Gasteiger partial charge in [-0.25, -0.2) is 0 Å². The first-order valence-electron chi connectivity index (χ1n) is 7.48. The molecule has 1 amide bonds. The zero-order chi connectivity index (χ0) is 13.8. The van der Waals surface area contributed by atoms with Gasteiger partial charge in [0.05, 0.1) is 6.61 Å². The lowest BCUT2D eigenvalue weighted by atomic mass is 9.99. The van der Waals surface area contributed by atoms with Crippen LogP contribution in [0.4, 0.5) is 0 Å². The van der Waals surface area contributed by atoms with Crippen molar-refractivity contribution in [2.45, 2.75) is 18.9 Å². The summed E-state index contributed by atoms with van der Waals surface area (Å²) in [6.07, 6.45) is 1.88. The maximum absolute atomic E-state index is 12.4. The van der Waals surface area contributed by atoms with Gasteiger partial charge in [-0.3, -0.25) is 4.79 Å². The van der Waals surface area contributed by atoms with Crippen LogP contribution in [0.25, 0.3) is 0 Å². The van der Waals surface area contributed by atoms with Crippen LogP contribution in [-0.2, 0) is 16.0 Å². The van der Waals surface area contributed by atoms with Gasteiger partial charge in [0, 0.05) is 26.2 Å². The first kappa shape index (κ1) is 13.6. The van der Waals surface area contributed by atoms with E-state index in [1.54, 1.807) is 0 Å². The Morgan fingerprint density at radius 1 is 1.35 bits per heavy atom. The fraction of sp³-hybridized carbons (Fsp3) is 0.562. The lowest BCUT2D eigenvalue weighted by molar-refractivity contribution is -0.144. The molecule has 4 nitrogen and oxygen atoms in total. The molecule has 0 bridgehead atoms. The van der Waals surface area contributed by atoms with E-state index < -0.39 is 0 Å². The van der Waals surface area contributed by atoms with Gasteiger partial charge in [0.15, 0.2) is 0 Å². The number of nitrogens with zero attached hydrogens (tertiary/aromatic N) is 1. The lowest BCUT2D eigenvalue weighted by Gasteiger charge is -2.27. The van der Waals surface area contributed by atoms with Crippen LogP contribution < -0.4 is 5.32 Å². The van der Waals surface area contributed by atoms with E-state index in [9.17, 15) is 4.79 Å². The maximum atomic E-state index is 12.4. The molecule has 0 saturated carbocycles. The largest absolute Gasteiger partial charge is 0.366 e. The second kappa shape index (κ2) is 6.37. The number of carbonyl (C=O) groups is 1. The van der Waals surface area contributed by atoms with Gasteiger partial charge < -0.3 is 15.0 Å². The molecule has 1 aromatic rings. The number of carbonyl (C=O) groups excluding carboxylic acids is 1. The normalized spacial score (nSPS) is 26.7. The fourth-order valence-electron chi connectivity index (χ4n) is 3.07. The van der Waals surface area contributed by atoms with Crippen LogP contribution in [0.5, 0.6) is 0 Å². The van der Waals surface area contributed by atoms with Crippen molar-refractivity contribution in [2.75, 3.05) is 32.8 Å². The van der Waals surface area contributed by atoms with E-state index in [2.05, 4.69) is 29.6 Å². The molecule has 108 valence electrons. The van der Waals surface area contributed by atoms with Crippen molar-refractivity contribution in [3.05, 3.63) is 35.9 Å². The number of rotatable bonds is 3. The summed E-state index contributed by atoms with van der Waals surface area (Å²) in [5, 5.41) is 3.22. The Morgan fingerprint density at radius 3 is 2.95 bits per heavy atom. The van der Waals surface area contributed by atoms with E-state index in [4.69, 9.17) is 4.74 Å². The average molecular weight is 274 g/mol. The van der Waals surface area contributed by atoms with Crippen LogP contribution in [-0.4, -0.2) is 49.7 Å². The third-order valence-electron chi connectivity index (χ3n) is 4.17. The van der Waals surface area contributed by atoms with E-state index >= 15 is 0 Å². The summed E-state index contributed by atoms with van der Waals surface area (Å²) in [5.74, 6) is 0.741. The van der Waals surface area contributed by atoms with Crippen LogP contribution >= 0.6 is 0 Å². The average Bonchev–Trinajstić information content (AvgIpc) is 2.97. The summed E-state index contributed by atoms with van der Waals surface area (Å²) in [6.45, 7) is 3.88. The van der Waals surface area contributed by atoms with Gasteiger partial charge in [0.2, 0.25) is 0 Å². The first-order valence-corrected chi connectivity index (χ1v) is 7.48. The number of likely N-dealkylation sites (tertiary alicyclic amines) is 1. The Balaban J connectivity index is 1.52. The zero-order valence-corrected chi connectivity index (χ0v) is 11.8. The van der Waals surface area contributed by atoms with Gasteiger partial charge in [-0.15, -0.1) is 0 Å². The van der Waals surface area contributed by atoms with Gasteiger partial charge in [-0.1, -0.05) is 30.3 Å². The second-order valence-electron chi connectivity index (χ2n) is 5.69. The molecule has 0 spiro atoms. The van der Waals surface area contributed by atoms with E-state index in [0.717, 1.165) is 32.5 Å². The Hall–Kier alpha value is -1.39. The van der Waals surface area contributed by atoms with Crippen LogP contribution in [0.2, 0.25) is 0 Å². The monoisotopic (exact) mass is 274 g/mol. The number of benzene rings is 1. The molecule has 2 aliphatic heterocycles. The van der Waals surface area contributed by atoms with Crippen molar-refractivity contribution in [1.29, 1.82) is 0 Å². The van der Waals surface area contributed by atoms with E-state index in [-0.39, 0.29) is 12.0 Å². The van der Waals surface area contributed by atoms with Crippen molar-refractivity contribution in [3.63, 3.8) is 0 Å². The fourth-order valence-corrected chi connectivity index (χ4v) is 3.07. The van der Waals surface area contributed by atoms with E-state index in [1.165, 1.54) is 5.56 Å². The Morgan fingerprint density at radius 2 is 2.20 bits per heavy atom. The molecule has 20 heavy (non-hydrogen) atoms. The summed E-state index contributed by atoms with van der Waals surface area (Å²) in [7, 11) is 0. The predicted molar refractivity (Wildman–Crippen MR) is 77.4 cm³/mol. The Kier molecular flexibility index (Phi) is 4.33. The molecule has 1 aromatic carbocycles. The number of ether oxygens (including phenoxy) is 1. The summed E-state index contributed by atoms with van der Waals surface area (Å²) < 4.78 is 5.55. The molecular weight excluding hydrogens is 252 g/mol. The minimum absolute atomic E-state index is 0.160. The molecule has 0 aliphatic carbocycles. The molecule has 2 unspecified atom stereocenters. The van der Waals surface area contributed by atoms with Gasteiger partial charge in [-0.2, -0.15) is 0 Å². The number of hydrogen-bond donors (Lipinski definition) is 1. The highest BCUT2D eigenvalue weighted by Crippen LogP contribution is 2.22. The predicted octanol–water partition coefficient (Wildman–Crippen LogP) is 1.07. The summed E-state index contributed by atoms with van der Waals surface area (Å²) >= 11 is 0. The van der Waals surface area contributed by atoms with Crippen molar-refractivity contribution >= 4 is 5.91 Å². The smallest absolute Gasteiger partial charge is 0.253 e. The van der Waals surface area contributed by atoms with Gasteiger partial charge in [-0.05, 0) is 24.3 Å². The summed E-state index contributed by atoms with van der Waals surface area (Å²) in [4.78, 5) is 14.3. The molecule has 2 saturated heterocycles. The summed E-state index contributed by atoms with van der Waals surface area (Å²) in [5.41, 5.74) is 1.36. The molecule has 4 heteroatoms. The second-order valence-corrected chi connectivity index (χ2v) is 5.69. The minimum atomic E-state index is -0.278. The molecular formula is C16H22N2O2. The van der Waals surface area contributed by atoms with Gasteiger partial charge >= 0.3 is 0 Å². The molecule has 0 radical (unpaired) electrons. The first-order chi connectivity index (χ1) is 9.83. The molecule has 2 heterocycles. The van der Waals surface area contributed by atoms with Gasteiger partial charge in [0.1, 0.15) is 6.10 Å². The van der Waals surface area contributed by atoms with Crippen molar-refractivity contribution < 1.29 is 9.53 Å². The summed E-state index contributed by atoms with van der Waals surface area (Å²) in [6, 6.07) is 10.5. The highest BCUT2D eigenvalue weighted by molar-refractivity contribution is 5.81. The lowest BCUT2D eigenvalue weighted by Crippen LogP contribution is -2.48. The van der Waals surface area contributed by atoms with E-state index in [0.29, 0.717) is 19.1 Å². The van der Waals surface area contributed by atoms with Crippen LogP contribution in [0.1, 0.15) is 12.0 Å². The number of hydrogen-bond acceptors (Lipinski definition) is 3. The minimum Gasteiger partial charge on any atom is -0.366 e. The Labute approximate surface area is 120 Å². The van der Waals surface area contributed by atoms with Crippen molar-refractivity contribution in [2.24, 2.45) is 5.92 Å². The molecule has 0 aromatic heterocycles. The maximum Gasteiger partial charge on any atom is 0.253 e. The Bertz CT molecular complexity index is 443. The molecule has 2 fully saturated rings. The quantitative estimate of drug-likeness (QED) is 0.896. The number of amides is 1. The van der Waals surface area contributed by atoms with Crippen molar-refractivity contribution in [1.82, 2.24) is 10.2 Å². The third kappa shape index (κ3) is 3.19. The van der Waals surface area contributed by atoms with Crippen molar-refractivity contribution in [3.8, 4) is 0 Å². The van der Waals surface area contributed by atoms with Crippen LogP contribution in [0, 0.1) is 5.92 Å². The molecule has 1 N–H and O–H groups in total. The highest BCUT2D eigenvalue weighted by Gasteiger charge is 2.32. The van der Waals surface area contributed by atoms with Crippen LogP contribution in [0.3, 0.4) is 0 Å². The molecule has 2 aliphatic rings. The standard InChI is InChI=1S/C16H22N2O2/c19-16(15-11-17-7-9-20-15)18-8-6-14(12-18)10-13-4-2-1-3-5-13/h1-5,14-15,17H,6-12H2. The van der Waals surface area contributed by atoms with Crippen LogP contribution in [0.15, 0.2) is 30.3 Å². The SMILES string of the molecule is O=C(C1CNCCO1)N1CCC(Cc2ccccc2)C1. The molecule has 3 rings (SSSR count). The van der Waals surface area contributed by atoms with Gasteiger partial charge in [0.25, 0.3) is 5.91 Å². The molecule has 2 atom stereocenters. The third-order valence-corrected chi connectivity index (χ3v) is 4.17.